The largest absolute Gasteiger partial charge is 0.387 e. The van der Waals surface area contributed by atoms with Gasteiger partial charge in [0.15, 0.2) is 12.0 Å². The molecule has 35 heavy (non-hydrogen) atoms. The van der Waals surface area contributed by atoms with E-state index in [1.54, 1.807) is 0 Å². The Bertz CT molecular complexity index is 1770. The smallest absolute Gasteiger partial charge is 0.252 e. The van der Waals surface area contributed by atoms with Crippen LogP contribution in [0.25, 0.3) is 43.6 Å². The van der Waals surface area contributed by atoms with Gasteiger partial charge in [0.2, 0.25) is 0 Å². The summed E-state index contributed by atoms with van der Waals surface area (Å²) in [4.78, 5) is 13.3. The second-order valence-corrected chi connectivity index (χ2v) is 9.92. The first-order valence-corrected chi connectivity index (χ1v) is 11.8. The summed E-state index contributed by atoms with van der Waals surface area (Å²) < 4.78 is 16.7. The molecule has 0 unspecified atom stereocenters. The van der Waals surface area contributed by atoms with Gasteiger partial charge < -0.3 is 34.1 Å². The molecule has 0 aliphatic carbocycles. The summed E-state index contributed by atoms with van der Waals surface area (Å²) in [6, 6.07) is 15.9. The fourth-order valence-electron chi connectivity index (χ4n) is 6.99. The van der Waals surface area contributed by atoms with Crippen LogP contribution in [-0.2, 0) is 21.7 Å². The van der Waals surface area contributed by atoms with Crippen molar-refractivity contribution in [1.29, 1.82) is 0 Å². The molecule has 0 spiro atoms. The molecule has 8 nitrogen and oxygen atoms in total. The standard InChI is InChI=1S/C27H23N3O5/c1-27-24(34-2)22(31)23(32)26(35-27)29-15-9-5-3-7-12(15)18-19-14(11-28-25(19)33)17-13-8-4-6-10-16(13)30(27)21(17)20(18)29/h3-10,22-24,26,31-32H,11H2,1-2H3,(H,28,33)/t22-,23+,24+,26+,27-/m1/s1. The van der Waals surface area contributed by atoms with Gasteiger partial charge >= 0.3 is 0 Å². The zero-order chi connectivity index (χ0) is 23.8. The highest BCUT2D eigenvalue weighted by Crippen LogP contribution is 2.53. The highest BCUT2D eigenvalue weighted by molar-refractivity contribution is 6.31. The minimum atomic E-state index is -1.24. The molecule has 1 amide bonds. The van der Waals surface area contributed by atoms with Crippen LogP contribution < -0.4 is 5.32 Å². The fourth-order valence-corrected chi connectivity index (χ4v) is 6.99. The third-order valence-electron chi connectivity index (χ3n) is 8.31. The number of benzene rings is 3. The average Bonchev–Trinajstić information content (AvgIpc) is 3.49. The van der Waals surface area contributed by atoms with E-state index in [9.17, 15) is 15.0 Å². The predicted octanol–water partition coefficient (Wildman–Crippen LogP) is 3.10. The first-order valence-electron chi connectivity index (χ1n) is 11.8. The molecule has 3 aliphatic heterocycles. The number of hydrogen-bond donors (Lipinski definition) is 3. The molecule has 8 heteroatoms. The maximum atomic E-state index is 13.3. The van der Waals surface area contributed by atoms with Gasteiger partial charge in [-0.2, -0.15) is 0 Å². The molecule has 0 radical (unpaired) electrons. The molecule has 1 saturated heterocycles. The van der Waals surface area contributed by atoms with Crippen LogP contribution in [0.5, 0.6) is 0 Å². The van der Waals surface area contributed by atoms with Gasteiger partial charge in [-0.1, -0.05) is 36.4 Å². The van der Waals surface area contributed by atoms with Crippen molar-refractivity contribution >= 4 is 49.5 Å². The molecule has 5 atom stereocenters. The number of amides is 1. The molecule has 8 rings (SSSR count). The molecule has 0 saturated carbocycles. The minimum absolute atomic E-state index is 0.101. The molecule has 1 fully saturated rings. The van der Waals surface area contributed by atoms with Crippen molar-refractivity contribution in [3.8, 4) is 0 Å². The molecule has 3 aromatic carbocycles. The number of aliphatic hydroxyl groups is 2. The van der Waals surface area contributed by atoms with Gasteiger partial charge in [-0.3, -0.25) is 4.79 Å². The van der Waals surface area contributed by atoms with E-state index < -0.39 is 30.3 Å². The number of carbonyl (C=O) groups excluding carboxylic acids is 1. The zero-order valence-corrected chi connectivity index (χ0v) is 19.1. The molecule has 2 aromatic heterocycles. The number of nitrogens with one attached hydrogen (secondary N) is 1. The van der Waals surface area contributed by atoms with Crippen LogP contribution in [-0.4, -0.2) is 50.7 Å². The Morgan fingerprint density at radius 1 is 1.00 bits per heavy atom. The van der Waals surface area contributed by atoms with E-state index >= 15 is 0 Å². The van der Waals surface area contributed by atoms with E-state index in [1.165, 1.54) is 7.11 Å². The number of para-hydroxylation sites is 2. The summed E-state index contributed by atoms with van der Waals surface area (Å²) in [7, 11) is 1.53. The third kappa shape index (κ3) is 2.04. The Kier molecular flexibility index (Phi) is 3.52. The van der Waals surface area contributed by atoms with Gasteiger partial charge in [-0.25, -0.2) is 0 Å². The van der Waals surface area contributed by atoms with Crippen molar-refractivity contribution in [1.82, 2.24) is 14.5 Å². The Morgan fingerprint density at radius 2 is 1.69 bits per heavy atom. The number of aromatic nitrogens is 2. The normalized spacial score (nSPS) is 29.4. The third-order valence-corrected chi connectivity index (χ3v) is 8.31. The maximum absolute atomic E-state index is 13.3. The van der Waals surface area contributed by atoms with Crippen molar-refractivity contribution in [2.24, 2.45) is 0 Å². The topological polar surface area (TPSA) is 97.9 Å². The van der Waals surface area contributed by atoms with Crippen LogP contribution in [0.3, 0.4) is 0 Å². The number of ether oxygens (including phenoxy) is 2. The highest BCUT2D eigenvalue weighted by atomic mass is 16.6. The van der Waals surface area contributed by atoms with E-state index in [2.05, 4.69) is 16.0 Å². The first-order chi connectivity index (χ1) is 17.0. The Balaban J connectivity index is 1.75. The monoisotopic (exact) mass is 469 g/mol. The summed E-state index contributed by atoms with van der Waals surface area (Å²) in [5.41, 5.74) is 4.01. The first kappa shape index (κ1) is 19.8. The lowest BCUT2D eigenvalue weighted by Gasteiger charge is -2.48. The van der Waals surface area contributed by atoms with E-state index in [0.717, 1.165) is 49.2 Å². The molecule has 176 valence electrons. The number of methoxy groups -OCH3 is 1. The van der Waals surface area contributed by atoms with Gasteiger partial charge in [0.1, 0.15) is 18.3 Å². The number of fused-ring (bicyclic) bond motifs is 13. The van der Waals surface area contributed by atoms with E-state index in [-0.39, 0.29) is 5.91 Å². The second kappa shape index (κ2) is 6.22. The molecule has 2 bridgehead atoms. The van der Waals surface area contributed by atoms with Gasteiger partial charge in [-0.05, 0) is 24.6 Å². The Labute approximate surface area is 199 Å². The summed E-state index contributed by atoms with van der Waals surface area (Å²) in [6.45, 7) is 2.35. The van der Waals surface area contributed by atoms with Crippen LogP contribution in [0.1, 0.15) is 29.1 Å². The maximum Gasteiger partial charge on any atom is 0.252 e. The highest BCUT2D eigenvalue weighted by Gasteiger charge is 2.56. The van der Waals surface area contributed by atoms with Crippen LogP contribution in [0.4, 0.5) is 0 Å². The SMILES string of the molecule is CO[C@H]1[C@H](O)[C@H](O)[C@@H]2O[C@@]1(C)n1c3ccccc3c3c4c(c5c6ccccc6n2c5c31)C(=O)NC4. The molecule has 5 heterocycles. The lowest BCUT2D eigenvalue weighted by molar-refractivity contribution is -0.314. The molecule has 5 aromatic rings. The van der Waals surface area contributed by atoms with E-state index in [0.29, 0.717) is 12.1 Å². The van der Waals surface area contributed by atoms with Gasteiger partial charge in [0.05, 0.1) is 27.6 Å². The van der Waals surface area contributed by atoms with Crippen molar-refractivity contribution in [2.45, 2.75) is 43.7 Å². The van der Waals surface area contributed by atoms with Crippen molar-refractivity contribution in [3.63, 3.8) is 0 Å². The predicted molar refractivity (Wildman–Crippen MR) is 130 cm³/mol. The summed E-state index contributed by atoms with van der Waals surface area (Å²) in [5.74, 6) is -0.101. The van der Waals surface area contributed by atoms with Crippen molar-refractivity contribution in [3.05, 3.63) is 59.7 Å². The summed E-state index contributed by atoms with van der Waals surface area (Å²) in [5, 5.41) is 29.4. The van der Waals surface area contributed by atoms with Crippen LogP contribution in [0, 0.1) is 0 Å². The van der Waals surface area contributed by atoms with Gasteiger partial charge in [-0.15, -0.1) is 0 Å². The summed E-state index contributed by atoms with van der Waals surface area (Å²) >= 11 is 0. The number of carbonyl (C=O) groups is 1. The quantitative estimate of drug-likeness (QED) is 0.351. The molecular weight excluding hydrogens is 446 g/mol. The number of hydrogen-bond acceptors (Lipinski definition) is 5. The van der Waals surface area contributed by atoms with Gasteiger partial charge in [0.25, 0.3) is 5.91 Å². The van der Waals surface area contributed by atoms with Crippen LogP contribution in [0.2, 0.25) is 0 Å². The molecule has 3 N–H and O–H groups in total. The van der Waals surface area contributed by atoms with Crippen molar-refractivity contribution < 1.29 is 24.5 Å². The lowest BCUT2D eigenvalue weighted by Crippen LogP contribution is -2.62. The lowest BCUT2D eigenvalue weighted by atomic mass is 9.93. The van der Waals surface area contributed by atoms with Crippen LogP contribution in [0.15, 0.2) is 48.5 Å². The Hall–Kier alpha value is -3.43. The van der Waals surface area contributed by atoms with Gasteiger partial charge in [0, 0.05) is 35.2 Å². The second-order valence-electron chi connectivity index (χ2n) is 9.92. The van der Waals surface area contributed by atoms with Crippen molar-refractivity contribution in [2.75, 3.05) is 7.11 Å². The average molecular weight is 469 g/mol. The fraction of sp³-hybridized carbons (Fsp3) is 0.296. The Morgan fingerprint density at radius 3 is 2.43 bits per heavy atom. The number of aliphatic hydroxyl groups excluding tert-OH is 2. The minimum Gasteiger partial charge on any atom is -0.387 e. The molecular formula is C27H23N3O5. The zero-order valence-electron chi connectivity index (χ0n) is 19.1. The number of nitrogens with zero attached hydrogens (tertiary/aromatic N) is 2. The summed E-state index contributed by atoms with van der Waals surface area (Å²) in [6.07, 6.45) is -4.14. The molecule has 3 aliphatic rings. The van der Waals surface area contributed by atoms with E-state index in [4.69, 9.17) is 9.47 Å². The van der Waals surface area contributed by atoms with E-state index in [1.807, 2.05) is 54.0 Å². The van der Waals surface area contributed by atoms with Crippen LogP contribution >= 0.6 is 0 Å². The number of rotatable bonds is 1.